The average Bonchev–Trinajstić information content (AvgIpc) is 2.48. The van der Waals surface area contributed by atoms with E-state index in [0.29, 0.717) is 17.0 Å². The van der Waals surface area contributed by atoms with Gasteiger partial charge in [-0.3, -0.25) is 14.8 Å². The lowest BCUT2D eigenvalue weighted by Gasteiger charge is -2.30. The van der Waals surface area contributed by atoms with E-state index in [-0.39, 0.29) is 42.3 Å². The summed E-state index contributed by atoms with van der Waals surface area (Å²) in [7, 11) is 0. The minimum Gasteiger partial charge on any atom is -0.348 e. The van der Waals surface area contributed by atoms with Gasteiger partial charge in [0.05, 0.1) is 11.1 Å². The summed E-state index contributed by atoms with van der Waals surface area (Å²) in [5.74, 6) is -0.398. The first kappa shape index (κ1) is 19.5. The summed E-state index contributed by atoms with van der Waals surface area (Å²) in [6, 6.07) is 2.54. The molecule has 1 aromatic carbocycles. The van der Waals surface area contributed by atoms with Crippen molar-refractivity contribution in [2.45, 2.75) is 19.4 Å². The molecule has 23 heavy (non-hydrogen) atoms. The van der Waals surface area contributed by atoms with Gasteiger partial charge in [0.1, 0.15) is 11.3 Å². The molecule has 0 saturated carbocycles. The fourth-order valence-corrected chi connectivity index (χ4v) is 2.64. The van der Waals surface area contributed by atoms with E-state index < -0.39 is 5.82 Å². The molecule has 1 amide bonds. The molecule has 0 aliphatic carbocycles. The first-order valence-electron chi connectivity index (χ1n) is 7.07. The number of carbonyl (C=O) groups is 1. The van der Waals surface area contributed by atoms with Crippen molar-refractivity contribution in [3.05, 3.63) is 35.9 Å². The largest absolute Gasteiger partial charge is 0.348 e. The Labute approximate surface area is 146 Å². The van der Waals surface area contributed by atoms with Crippen molar-refractivity contribution < 1.29 is 9.18 Å². The Balaban J connectivity index is 0.00000132. The van der Waals surface area contributed by atoms with Crippen LogP contribution in [0.2, 0.25) is 0 Å². The van der Waals surface area contributed by atoms with Crippen LogP contribution in [0.15, 0.2) is 24.5 Å². The van der Waals surface area contributed by atoms with Crippen molar-refractivity contribution in [3.63, 3.8) is 0 Å². The second-order valence-corrected chi connectivity index (χ2v) is 5.43. The standard InChI is InChI=1S/C15H17FN4O.2ClH/c1-9-2-3-17-8-13(9)20-15(21)11-6-10(16)7-12-14(11)19-5-4-18-12;;/h4-7,9,13,17H,2-3,8H2,1H3,(H,20,21);2*1H. The molecule has 2 aromatic rings. The van der Waals surface area contributed by atoms with Gasteiger partial charge in [-0.25, -0.2) is 4.39 Å². The molecule has 1 aromatic heterocycles. The molecular formula is C15H19Cl2FN4O. The number of amides is 1. The van der Waals surface area contributed by atoms with E-state index in [0.717, 1.165) is 19.5 Å². The van der Waals surface area contributed by atoms with Crippen LogP contribution < -0.4 is 10.6 Å². The Hall–Kier alpha value is -1.50. The number of fused-ring (bicyclic) bond motifs is 1. The van der Waals surface area contributed by atoms with Gasteiger partial charge in [-0.05, 0) is 24.9 Å². The predicted octanol–water partition coefficient (Wildman–Crippen LogP) is 2.34. The van der Waals surface area contributed by atoms with E-state index in [9.17, 15) is 9.18 Å². The van der Waals surface area contributed by atoms with Crippen molar-refractivity contribution in [1.29, 1.82) is 0 Å². The second kappa shape index (κ2) is 8.38. The molecule has 2 heterocycles. The Morgan fingerprint density at radius 3 is 2.78 bits per heavy atom. The van der Waals surface area contributed by atoms with Gasteiger partial charge in [0, 0.05) is 31.0 Å². The van der Waals surface area contributed by atoms with Gasteiger partial charge < -0.3 is 10.6 Å². The topological polar surface area (TPSA) is 66.9 Å². The number of nitrogens with one attached hydrogen (secondary N) is 2. The summed E-state index contributed by atoms with van der Waals surface area (Å²) in [4.78, 5) is 20.7. The number of hydrogen-bond acceptors (Lipinski definition) is 4. The summed E-state index contributed by atoms with van der Waals surface area (Å²) in [6.07, 6.45) is 3.99. The van der Waals surface area contributed by atoms with E-state index in [1.165, 1.54) is 24.5 Å². The maximum Gasteiger partial charge on any atom is 0.253 e. The molecule has 2 unspecified atom stereocenters. The minimum absolute atomic E-state index is 0. The fourth-order valence-electron chi connectivity index (χ4n) is 2.64. The third kappa shape index (κ3) is 4.28. The summed E-state index contributed by atoms with van der Waals surface area (Å²) in [5.41, 5.74) is 1.04. The van der Waals surface area contributed by atoms with Crippen LogP contribution in [0.4, 0.5) is 4.39 Å². The molecule has 3 rings (SSSR count). The van der Waals surface area contributed by atoms with Gasteiger partial charge in [-0.1, -0.05) is 6.92 Å². The maximum atomic E-state index is 13.7. The molecule has 1 fully saturated rings. The van der Waals surface area contributed by atoms with Gasteiger partial charge in [0.25, 0.3) is 5.91 Å². The van der Waals surface area contributed by atoms with Gasteiger partial charge in [-0.15, -0.1) is 24.8 Å². The van der Waals surface area contributed by atoms with E-state index in [1.54, 1.807) is 0 Å². The molecule has 5 nitrogen and oxygen atoms in total. The number of carbonyl (C=O) groups excluding carboxylic acids is 1. The lowest BCUT2D eigenvalue weighted by atomic mass is 9.94. The van der Waals surface area contributed by atoms with E-state index in [2.05, 4.69) is 27.5 Å². The van der Waals surface area contributed by atoms with E-state index in [1.807, 2.05) is 0 Å². The Bertz CT molecular complexity index is 686. The number of halogens is 3. The van der Waals surface area contributed by atoms with Crippen molar-refractivity contribution in [1.82, 2.24) is 20.6 Å². The number of nitrogens with zero attached hydrogens (tertiary/aromatic N) is 2. The van der Waals surface area contributed by atoms with Crippen LogP contribution in [-0.4, -0.2) is 35.0 Å². The number of aromatic nitrogens is 2. The lowest BCUT2D eigenvalue weighted by Crippen LogP contribution is -2.50. The fraction of sp³-hybridized carbons (Fsp3) is 0.400. The molecule has 1 aliphatic heterocycles. The zero-order valence-corrected chi connectivity index (χ0v) is 14.2. The highest BCUT2D eigenvalue weighted by molar-refractivity contribution is 6.04. The molecule has 2 N–H and O–H groups in total. The first-order valence-corrected chi connectivity index (χ1v) is 7.07. The normalized spacial score (nSPS) is 20.3. The molecule has 0 radical (unpaired) electrons. The van der Waals surface area contributed by atoms with Gasteiger partial charge in [0.15, 0.2) is 0 Å². The second-order valence-electron chi connectivity index (χ2n) is 5.43. The van der Waals surface area contributed by atoms with Crippen LogP contribution in [0, 0.1) is 11.7 Å². The number of rotatable bonds is 2. The van der Waals surface area contributed by atoms with Crippen LogP contribution in [0.1, 0.15) is 23.7 Å². The Morgan fingerprint density at radius 1 is 1.30 bits per heavy atom. The summed E-state index contributed by atoms with van der Waals surface area (Å²) in [5, 5.41) is 6.22. The molecule has 8 heteroatoms. The zero-order valence-electron chi connectivity index (χ0n) is 12.6. The highest BCUT2D eigenvalue weighted by Crippen LogP contribution is 2.18. The maximum absolute atomic E-state index is 13.7. The monoisotopic (exact) mass is 360 g/mol. The van der Waals surface area contributed by atoms with Gasteiger partial charge in [0.2, 0.25) is 0 Å². The molecule has 2 atom stereocenters. The highest BCUT2D eigenvalue weighted by Gasteiger charge is 2.24. The molecule has 126 valence electrons. The molecular weight excluding hydrogens is 342 g/mol. The van der Waals surface area contributed by atoms with Crippen molar-refractivity contribution in [2.75, 3.05) is 13.1 Å². The van der Waals surface area contributed by atoms with Crippen LogP contribution in [0.5, 0.6) is 0 Å². The number of benzene rings is 1. The molecule has 1 aliphatic rings. The smallest absolute Gasteiger partial charge is 0.253 e. The molecule has 1 saturated heterocycles. The van der Waals surface area contributed by atoms with Crippen molar-refractivity contribution in [3.8, 4) is 0 Å². The van der Waals surface area contributed by atoms with Gasteiger partial charge >= 0.3 is 0 Å². The first-order chi connectivity index (χ1) is 10.1. The Kier molecular flexibility index (Phi) is 7.12. The lowest BCUT2D eigenvalue weighted by molar-refractivity contribution is 0.0916. The summed E-state index contributed by atoms with van der Waals surface area (Å²) < 4.78 is 13.7. The van der Waals surface area contributed by atoms with Crippen molar-refractivity contribution in [2.24, 2.45) is 5.92 Å². The van der Waals surface area contributed by atoms with Crippen LogP contribution >= 0.6 is 24.8 Å². The summed E-state index contributed by atoms with van der Waals surface area (Å²) >= 11 is 0. The minimum atomic E-state index is -0.483. The molecule has 0 spiro atoms. The predicted molar refractivity (Wildman–Crippen MR) is 91.9 cm³/mol. The average molecular weight is 361 g/mol. The third-order valence-electron chi connectivity index (χ3n) is 3.93. The number of piperidine rings is 1. The SMILES string of the molecule is CC1CCNCC1NC(=O)c1cc(F)cc2nccnc12.Cl.Cl. The summed E-state index contributed by atoms with van der Waals surface area (Å²) in [6.45, 7) is 3.79. The Morgan fingerprint density at radius 2 is 2.04 bits per heavy atom. The van der Waals surface area contributed by atoms with E-state index in [4.69, 9.17) is 0 Å². The zero-order chi connectivity index (χ0) is 14.8. The van der Waals surface area contributed by atoms with Crippen LogP contribution in [0.3, 0.4) is 0 Å². The van der Waals surface area contributed by atoms with Gasteiger partial charge in [-0.2, -0.15) is 0 Å². The molecule has 0 bridgehead atoms. The van der Waals surface area contributed by atoms with Crippen LogP contribution in [-0.2, 0) is 0 Å². The third-order valence-corrected chi connectivity index (χ3v) is 3.93. The van der Waals surface area contributed by atoms with E-state index >= 15 is 0 Å². The highest BCUT2D eigenvalue weighted by atomic mass is 35.5. The van der Waals surface area contributed by atoms with Crippen LogP contribution in [0.25, 0.3) is 11.0 Å². The quantitative estimate of drug-likeness (QED) is 0.862. The van der Waals surface area contributed by atoms with Crippen molar-refractivity contribution >= 4 is 41.8 Å². The number of hydrogen-bond donors (Lipinski definition) is 2.